The summed E-state index contributed by atoms with van der Waals surface area (Å²) in [5, 5.41) is 11.6. The van der Waals surface area contributed by atoms with Gasteiger partial charge in [0.15, 0.2) is 11.5 Å². The first-order valence-corrected chi connectivity index (χ1v) is 9.39. The Balaban J connectivity index is 1.83. The molecule has 8 nitrogen and oxygen atoms in total. The maximum Gasteiger partial charge on any atom is 0.245 e. The molecule has 1 amide bonds. The quantitative estimate of drug-likeness (QED) is 0.854. The molecule has 0 aliphatic carbocycles. The zero-order valence-corrected chi connectivity index (χ0v) is 14.6. The van der Waals surface area contributed by atoms with Crippen LogP contribution in [0.2, 0.25) is 0 Å². The van der Waals surface area contributed by atoms with Crippen molar-refractivity contribution in [1.82, 2.24) is 0 Å². The summed E-state index contributed by atoms with van der Waals surface area (Å²) < 4.78 is 35.7. The molecule has 3 rings (SSSR count). The van der Waals surface area contributed by atoms with Crippen LogP contribution in [0.4, 0.5) is 11.4 Å². The summed E-state index contributed by atoms with van der Waals surface area (Å²) in [5.74, 6) is 0.344. The van der Waals surface area contributed by atoms with E-state index in [-0.39, 0.29) is 18.0 Å². The Hall–Kier alpha value is -3.25. The summed E-state index contributed by atoms with van der Waals surface area (Å²) in [7, 11) is -3.73. The van der Waals surface area contributed by atoms with Gasteiger partial charge in [-0.25, -0.2) is 8.42 Å². The third-order valence-corrected chi connectivity index (χ3v) is 4.79. The second kappa shape index (κ2) is 6.93. The summed E-state index contributed by atoms with van der Waals surface area (Å²) in [4.78, 5) is 12.4. The highest BCUT2D eigenvalue weighted by Crippen LogP contribution is 2.36. The topological polar surface area (TPSA) is 109 Å². The molecule has 0 saturated heterocycles. The van der Waals surface area contributed by atoms with Crippen LogP contribution in [0.5, 0.6) is 11.5 Å². The van der Waals surface area contributed by atoms with E-state index in [0.29, 0.717) is 17.2 Å². The predicted molar refractivity (Wildman–Crippen MR) is 94.5 cm³/mol. The third kappa shape index (κ3) is 3.70. The number of hydrogen-bond acceptors (Lipinski definition) is 6. The van der Waals surface area contributed by atoms with Crippen LogP contribution in [0.15, 0.2) is 42.5 Å². The summed E-state index contributed by atoms with van der Waals surface area (Å²) in [6.45, 7) is -0.388. The number of carbonyl (C=O) groups excluding carboxylic acids is 1. The molecule has 0 radical (unpaired) electrons. The van der Waals surface area contributed by atoms with Crippen molar-refractivity contribution in [1.29, 1.82) is 5.26 Å². The summed E-state index contributed by atoms with van der Waals surface area (Å²) in [6.07, 6.45) is 1.01. The van der Waals surface area contributed by atoms with Gasteiger partial charge in [-0.3, -0.25) is 9.10 Å². The zero-order chi connectivity index (χ0) is 18.7. The van der Waals surface area contributed by atoms with Crippen LogP contribution >= 0.6 is 0 Å². The maximum absolute atomic E-state index is 12.4. The van der Waals surface area contributed by atoms with Crippen molar-refractivity contribution < 1.29 is 22.7 Å². The number of ether oxygens (including phenoxy) is 2. The van der Waals surface area contributed by atoms with Crippen molar-refractivity contribution in [3.63, 3.8) is 0 Å². The van der Waals surface area contributed by atoms with Crippen molar-refractivity contribution in [2.45, 2.75) is 0 Å². The fraction of sp³-hybridized carbons (Fsp3) is 0.176. The summed E-state index contributed by atoms with van der Waals surface area (Å²) >= 11 is 0. The highest BCUT2D eigenvalue weighted by molar-refractivity contribution is 7.92. The van der Waals surface area contributed by atoms with E-state index in [9.17, 15) is 13.2 Å². The average Bonchev–Trinajstić information content (AvgIpc) is 3.07. The van der Waals surface area contributed by atoms with E-state index < -0.39 is 22.5 Å². The minimum atomic E-state index is -3.73. The first-order valence-electron chi connectivity index (χ1n) is 7.55. The van der Waals surface area contributed by atoms with Crippen molar-refractivity contribution in [2.75, 3.05) is 29.2 Å². The lowest BCUT2D eigenvalue weighted by Gasteiger charge is -2.22. The normalized spacial score (nSPS) is 12.3. The number of sulfonamides is 1. The van der Waals surface area contributed by atoms with E-state index in [1.165, 1.54) is 12.1 Å². The molecule has 0 spiro atoms. The van der Waals surface area contributed by atoms with Gasteiger partial charge in [0, 0.05) is 6.07 Å². The van der Waals surface area contributed by atoms with Gasteiger partial charge < -0.3 is 14.8 Å². The minimum absolute atomic E-state index is 0.0586. The molecular weight excluding hydrogens is 358 g/mol. The molecule has 0 unspecified atom stereocenters. The van der Waals surface area contributed by atoms with Gasteiger partial charge in [-0.2, -0.15) is 5.26 Å². The molecule has 0 fully saturated rings. The Morgan fingerprint density at radius 3 is 2.69 bits per heavy atom. The van der Waals surface area contributed by atoms with Crippen LogP contribution in [0, 0.1) is 11.3 Å². The van der Waals surface area contributed by atoms with Crippen molar-refractivity contribution >= 4 is 27.3 Å². The van der Waals surface area contributed by atoms with E-state index in [4.69, 9.17) is 14.7 Å². The second-order valence-corrected chi connectivity index (χ2v) is 7.42. The Morgan fingerprint density at radius 2 is 1.96 bits per heavy atom. The SMILES string of the molecule is CS(=O)(=O)N(CC(=O)Nc1ccccc1C#N)c1ccc2c(c1)OCO2. The molecule has 1 N–H and O–H groups in total. The first kappa shape index (κ1) is 17.6. The van der Waals surface area contributed by atoms with Gasteiger partial charge in [0.2, 0.25) is 22.7 Å². The molecule has 9 heteroatoms. The van der Waals surface area contributed by atoms with Crippen molar-refractivity contribution in [3.05, 3.63) is 48.0 Å². The predicted octanol–water partition coefficient (Wildman–Crippen LogP) is 1.69. The smallest absolute Gasteiger partial charge is 0.245 e. The molecule has 2 aromatic carbocycles. The second-order valence-electron chi connectivity index (χ2n) is 5.51. The van der Waals surface area contributed by atoms with Gasteiger partial charge in [-0.15, -0.1) is 0 Å². The van der Waals surface area contributed by atoms with Gasteiger partial charge in [-0.1, -0.05) is 12.1 Å². The minimum Gasteiger partial charge on any atom is -0.454 e. The number of fused-ring (bicyclic) bond motifs is 1. The monoisotopic (exact) mass is 373 g/mol. The Morgan fingerprint density at radius 1 is 1.23 bits per heavy atom. The van der Waals surface area contributed by atoms with E-state index in [0.717, 1.165) is 10.6 Å². The standard InChI is InChI=1S/C17H15N3O5S/c1-26(22,23)20(13-6-7-15-16(8-13)25-11-24-15)10-17(21)19-14-5-3-2-4-12(14)9-18/h2-8H,10-11H2,1H3,(H,19,21). The first-order chi connectivity index (χ1) is 12.4. The number of benzene rings is 2. The number of carbonyl (C=O) groups is 1. The zero-order valence-electron chi connectivity index (χ0n) is 13.8. The van der Waals surface area contributed by atoms with Gasteiger partial charge in [0.1, 0.15) is 12.6 Å². The van der Waals surface area contributed by atoms with Crippen molar-refractivity contribution in [3.8, 4) is 17.6 Å². The van der Waals surface area contributed by atoms with Crippen LogP contribution < -0.4 is 19.1 Å². The average molecular weight is 373 g/mol. The van der Waals surface area contributed by atoms with Crippen LogP contribution in [0.1, 0.15) is 5.56 Å². The number of rotatable bonds is 5. The Labute approximate surface area is 150 Å². The highest BCUT2D eigenvalue weighted by atomic mass is 32.2. The summed E-state index contributed by atoms with van der Waals surface area (Å²) in [6, 6.07) is 13.1. The van der Waals surface area contributed by atoms with E-state index in [1.807, 2.05) is 6.07 Å². The third-order valence-electron chi connectivity index (χ3n) is 3.65. The molecule has 1 heterocycles. The number of para-hydroxylation sites is 1. The lowest BCUT2D eigenvalue weighted by Crippen LogP contribution is -2.37. The van der Waals surface area contributed by atoms with Crippen LogP contribution in [0.3, 0.4) is 0 Å². The lowest BCUT2D eigenvalue weighted by molar-refractivity contribution is -0.114. The fourth-order valence-electron chi connectivity index (χ4n) is 2.45. The molecule has 2 aromatic rings. The van der Waals surface area contributed by atoms with Crippen LogP contribution in [-0.4, -0.2) is 33.9 Å². The largest absolute Gasteiger partial charge is 0.454 e. The molecule has 1 aliphatic heterocycles. The number of nitrogens with zero attached hydrogens (tertiary/aromatic N) is 2. The summed E-state index contributed by atoms with van der Waals surface area (Å²) in [5.41, 5.74) is 0.884. The highest BCUT2D eigenvalue weighted by Gasteiger charge is 2.24. The van der Waals surface area contributed by atoms with Gasteiger partial charge >= 0.3 is 0 Å². The van der Waals surface area contributed by atoms with Gasteiger partial charge in [0.25, 0.3) is 0 Å². The van der Waals surface area contributed by atoms with Crippen molar-refractivity contribution in [2.24, 2.45) is 0 Å². The number of nitriles is 1. The Bertz CT molecular complexity index is 998. The molecule has 26 heavy (non-hydrogen) atoms. The number of amides is 1. The number of hydrogen-bond donors (Lipinski definition) is 1. The van der Waals surface area contributed by atoms with E-state index >= 15 is 0 Å². The Kier molecular flexibility index (Phi) is 4.69. The molecule has 0 bridgehead atoms. The van der Waals surface area contributed by atoms with Crippen LogP contribution in [0.25, 0.3) is 0 Å². The number of anilines is 2. The molecule has 0 saturated carbocycles. The molecule has 134 valence electrons. The maximum atomic E-state index is 12.4. The molecule has 1 aliphatic rings. The molecular formula is C17H15N3O5S. The van der Waals surface area contributed by atoms with E-state index in [1.54, 1.807) is 30.3 Å². The molecule has 0 aromatic heterocycles. The lowest BCUT2D eigenvalue weighted by atomic mass is 10.2. The van der Waals surface area contributed by atoms with Gasteiger partial charge in [-0.05, 0) is 24.3 Å². The van der Waals surface area contributed by atoms with Gasteiger partial charge in [0.05, 0.1) is 23.2 Å². The number of nitrogens with one attached hydrogen (secondary N) is 1. The van der Waals surface area contributed by atoms with Crippen LogP contribution in [-0.2, 0) is 14.8 Å². The van der Waals surface area contributed by atoms with E-state index in [2.05, 4.69) is 5.32 Å². The fourth-order valence-corrected chi connectivity index (χ4v) is 3.30. The molecule has 0 atom stereocenters.